The highest BCUT2D eigenvalue weighted by Gasteiger charge is 2.43. The molecular formula is C16H18N2O. The summed E-state index contributed by atoms with van der Waals surface area (Å²) in [7, 11) is 0. The summed E-state index contributed by atoms with van der Waals surface area (Å²) in [5.41, 5.74) is 2.33. The standard InChI is InChI=1S/C16H18N2O/c1-2-18-11-12(10-17-18)8-16(19)15-9-14(15)13-6-4-3-5-7-13/h3-7,10-11,14-15H,2,8-9H2,1H3. The van der Waals surface area contributed by atoms with Crippen molar-refractivity contribution in [2.75, 3.05) is 0 Å². The molecule has 1 heterocycles. The molecule has 1 aromatic carbocycles. The molecule has 1 fully saturated rings. The van der Waals surface area contributed by atoms with Gasteiger partial charge in [0.1, 0.15) is 5.78 Å². The monoisotopic (exact) mass is 254 g/mol. The van der Waals surface area contributed by atoms with Crippen molar-refractivity contribution in [3.8, 4) is 0 Å². The van der Waals surface area contributed by atoms with Gasteiger partial charge in [-0.25, -0.2) is 0 Å². The Morgan fingerprint density at radius 2 is 2.16 bits per heavy atom. The molecule has 0 saturated heterocycles. The molecule has 0 bridgehead atoms. The third-order valence-corrected chi connectivity index (χ3v) is 3.82. The lowest BCUT2D eigenvalue weighted by Gasteiger charge is -1.99. The zero-order valence-electron chi connectivity index (χ0n) is 11.1. The molecule has 1 aromatic heterocycles. The Morgan fingerprint density at radius 3 is 2.84 bits per heavy atom. The number of aromatic nitrogens is 2. The molecule has 3 heteroatoms. The maximum atomic E-state index is 12.2. The first-order chi connectivity index (χ1) is 9.28. The molecule has 1 aliphatic carbocycles. The van der Waals surface area contributed by atoms with Crippen molar-refractivity contribution < 1.29 is 4.79 Å². The second kappa shape index (κ2) is 5.00. The lowest BCUT2D eigenvalue weighted by Crippen LogP contribution is -2.06. The Kier molecular flexibility index (Phi) is 3.20. The summed E-state index contributed by atoms with van der Waals surface area (Å²) in [5, 5.41) is 4.21. The molecule has 0 amide bonds. The first-order valence-electron chi connectivity index (χ1n) is 6.87. The minimum absolute atomic E-state index is 0.215. The van der Waals surface area contributed by atoms with Crippen molar-refractivity contribution in [3.63, 3.8) is 0 Å². The van der Waals surface area contributed by atoms with Crippen molar-refractivity contribution in [1.29, 1.82) is 0 Å². The second-order valence-electron chi connectivity index (χ2n) is 5.21. The summed E-state index contributed by atoms with van der Waals surface area (Å²) >= 11 is 0. The number of Topliss-reactive ketones (excluding diaryl/α,β-unsaturated/α-hetero) is 1. The number of hydrogen-bond donors (Lipinski definition) is 0. The predicted molar refractivity (Wildman–Crippen MR) is 73.9 cm³/mol. The fourth-order valence-corrected chi connectivity index (χ4v) is 2.62. The fraction of sp³-hybridized carbons (Fsp3) is 0.375. The van der Waals surface area contributed by atoms with E-state index in [1.165, 1.54) is 5.56 Å². The van der Waals surface area contributed by atoms with Gasteiger partial charge in [0.2, 0.25) is 0 Å². The summed E-state index contributed by atoms with van der Waals surface area (Å²) in [5.74, 6) is 1.01. The Hall–Kier alpha value is -1.90. The van der Waals surface area contributed by atoms with E-state index in [-0.39, 0.29) is 5.92 Å². The molecule has 3 rings (SSSR count). The van der Waals surface area contributed by atoms with Gasteiger partial charge in [-0.1, -0.05) is 30.3 Å². The highest BCUT2D eigenvalue weighted by molar-refractivity contribution is 5.86. The minimum atomic E-state index is 0.215. The van der Waals surface area contributed by atoms with Crippen LogP contribution in [0.3, 0.4) is 0 Å². The van der Waals surface area contributed by atoms with E-state index >= 15 is 0 Å². The average molecular weight is 254 g/mol. The van der Waals surface area contributed by atoms with Gasteiger partial charge in [-0.15, -0.1) is 0 Å². The summed E-state index contributed by atoms with van der Waals surface area (Å²) < 4.78 is 1.87. The Morgan fingerprint density at radius 1 is 1.37 bits per heavy atom. The number of ketones is 1. The number of carbonyl (C=O) groups excluding carboxylic acids is 1. The van der Waals surface area contributed by atoms with E-state index in [1.54, 1.807) is 6.20 Å². The van der Waals surface area contributed by atoms with Gasteiger partial charge >= 0.3 is 0 Å². The van der Waals surface area contributed by atoms with Crippen molar-refractivity contribution in [3.05, 3.63) is 53.9 Å². The predicted octanol–water partition coefficient (Wildman–Crippen LogP) is 2.82. The van der Waals surface area contributed by atoms with E-state index in [0.29, 0.717) is 18.1 Å². The Bertz CT molecular complexity index is 573. The molecule has 0 radical (unpaired) electrons. The Balaban J connectivity index is 1.61. The van der Waals surface area contributed by atoms with Crippen LogP contribution in [0.15, 0.2) is 42.7 Å². The molecule has 0 aliphatic heterocycles. The van der Waals surface area contributed by atoms with Gasteiger partial charge in [-0.3, -0.25) is 9.48 Å². The maximum absolute atomic E-state index is 12.2. The van der Waals surface area contributed by atoms with E-state index in [9.17, 15) is 4.79 Å². The molecular weight excluding hydrogens is 236 g/mol. The number of hydrogen-bond acceptors (Lipinski definition) is 2. The van der Waals surface area contributed by atoms with Gasteiger partial charge in [0.25, 0.3) is 0 Å². The lowest BCUT2D eigenvalue weighted by atomic mass is 10.0. The molecule has 0 N–H and O–H groups in total. The van der Waals surface area contributed by atoms with Gasteiger partial charge < -0.3 is 0 Å². The molecule has 2 atom stereocenters. The van der Waals surface area contributed by atoms with Crippen LogP contribution in [0, 0.1) is 5.92 Å². The van der Waals surface area contributed by atoms with Crippen molar-refractivity contribution >= 4 is 5.78 Å². The van der Waals surface area contributed by atoms with Crippen LogP contribution in [-0.2, 0) is 17.8 Å². The van der Waals surface area contributed by atoms with Crippen LogP contribution >= 0.6 is 0 Å². The first kappa shape index (κ1) is 12.2. The van der Waals surface area contributed by atoms with Crippen LogP contribution in [0.25, 0.3) is 0 Å². The summed E-state index contributed by atoms with van der Waals surface area (Å²) in [6.07, 6.45) is 5.30. The molecule has 1 saturated carbocycles. The molecule has 98 valence electrons. The topological polar surface area (TPSA) is 34.9 Å². The highest BCUT2D eigenvalue weighted by Crippen LogP contribution is 2.48. The maximum Gasteiger partial charge on any atom is 0.141 e. The minimum Gasteiger partial charge on any atom is -0.299 e. The van der Waals surface area contributed by atoms with Crippen LogP contribution in [0.2, 0.25) is 0 Å². The van der Waals surface area contributed by atoms with E-state index in [2.05, 4.69) is 17.2 Å². The highest BCUT2D eigenvalue weighted by atomic mass is 16.1. The third-order valence-electron chi connectivity index (χ3n) is 3.82. The number of nitrogens with zero attached hydrogens (tertiary/aromatic N) is 2. The van der Waals surface area contributed by atoms with Crippen LogP contribution in [0.4, 0.5) is 0 Å². The van der Waals surface area contributed by atoms with Crippen molar-refractivity contribution in [1.82, 2.24) is 9.78 Å². The molecule has 19 heavy (non-hydrogen) atoms. The summed E-state index contributed by atoms with van der Waals surface area (Å²) in [6, 6.07) is 10.3. The van der Waals surface area contributed by atoms with Crippen LogP contribution in [0.1, 0.15) is 30.4 Å². The number of rotatable bonds is 5. The first-order valence-corrected chi connectivity index (χ1v) is 6.87. The molecule has 0 spiro atoms. The van der Waals surface area contributed by atoms with Gasteiger partial charge in [0.15, 0.2) is 0 Å². The molecule has 3 nitrogen and oxygen atoms in total. The molecule has 2 unspecified atom stereocenters. The number of carbonyl (C=O) groups is 1. The van der Waals surface area contributed by atoms with Crippen LogP contribution in [-0.4, -0.2) is 15.6 Å². The SMILES string of the molecule is CCn1cc(CC(=O)C2CC2c2ccccc2)cn1. The summed E-state index contributed by atoms with van der Waals surface area (Å²) in [6.45, 7) is 2.90. The van der Waals surface area contributed by atoms with Crippen LogP contribution in [0.5, 0.6) is 0 Å². The second-order valence-corrected chi connectivity index (χ2v) is 5.21. The molecule has 2 aromatic rings. The van der Waals surface area contributed by atoms with Gasteiger partial charge in [-0.2, -0.15) is 5.10 Å². The quantitative estimate of drug-likeness (QED) is 0.822. The van der Waals surface area contributed by atoms with E-state index in [0.717, 1.165) is 18.5 Å². The van der Waals surface area contributed by atoms with E-state index < -0.39 is 0 Å². The van der Waals surface area contributed by atoms with E-state index in [4.69, 9.17) is 0 Å². The van der Waals surface area contributed by atoms with Crippen molar-refractivity contribution in [2.45, 2.75) is 32.2 Å². The smallest absolute Gasteiger partial charge is 0.141 e. The number of aryl methyl sites for hydroxylation is 1. The van der Waals surface area contributed by atoms with Crippen LogP contribution < -0.4 is 0 Å². The largest absolute Gasteiger partial charge is 0.299 e. The van der Waals surface area contributed by atoms with E-state index in [1.807, 2.05) is 36.0 Å². The summed E-state index contributed by atoms with van der Waals surface area (Å²) in [4.78, 5) is 12.2. The average Bonchev–Trinajstić information content (AvgIpc) is 3.13. The fourth-order valence-electron chi connectivity index (χ4n) is 2.62. The third kappa shape index (κ3) is 2.60. The van der Waals surface area contributed by atoms with Gasteiger partial charge in [0.05, 0.1) is 6.20 Å². The van der Waals surface area contributed by atoms with Gasteiger partial charge in [0, 0.05) is 25.1 Å². The lowest BCUT2D eigenvalue weighted by molar-refractivity contribution is -0.119. The Labute approximate surface area is 113 Å². The molecule has 1 aliphatic rings. The normalized spacial score (nSPS) is 21.3. The van der Waals surface area contributed by atoms with Crippen molar-refractivity contribution in [2.24, 2.45) is 5.92 Å². The number of benzene rings is 1. The van der Waals surface area contributed by atoms with Gasteiger partial charge in [-0.05, 0) is 30.4 Å². The zero-order valence-corrected chi connectivity index (χ0v) is 11.1. The zero-order chi connectivity index (χ0) is 13.2.